The fourth-order valence-corrected chi connectivity index (χ4v) is 4.08. The van der Waals surface area contributed by atoms with E-state index in [-0.39, 0.29) is 35.6 Å². The van der Waals surface area contributed by atoms with Crippen LogP contribution in [0.15, 0.2) is 35.7 Å². The van der Waals surface area contributed by atoms with Gasteiger partial charge in [0.2, 0.25) is 0 Å². The molecule has 31 heavy (non-hydrogen) atoms. The number of hydrogen-bond acceptors (Lipinski definition) is 11. The van der Waals surface area contributed by atoms with Crippen LogP contribution in [0, 0.1) is 0 Å². The van der Waals surface area contributed by atoms with E-state index in [4.69, 9.17) is 10.5 Å². The molecule has 14 heteroatoms. The summed E-state index contributed by atoms with van der Waals surface area (Å²) in [6.07, 6.45) is -1.20. The van der Waals surface area contributed by atoms with Crippen LogP contribution in [0.1, 0.15) is 23.0 Å². The first kappa shape index (κ1) is 20.9. The van der Waals surface area contributed by atoms with Gasteiger partial charge in [-0.15, -0.1) is 0 Å². The largest absolute Gasteiger partial charge is 0.507 e. The number of fused-ring (bicyclic) bond motifs is 1. The minimum absolute atomic E-state index is 0.0504. The van der Waals surface area contributed by atoms with Crippen LogP contribution in [0.2, 0.25) is 0 Å². The van der Waals surface area contributed by atoms with Crippen molar-refractivity contribution >= 4 is 32.9 Å². The van der Waals surface area contributed by atoms with Gasteiger partial charge in [0.05, 0.1) is 24.6 Å². The van der Waals surface area contributed by atoms with Gasteiger partial charge < -0.3 is 25.8 Å². The number of aliphatic hydroxyl groups excluding tert-OH is 2. The minimum Gasteiger partial charge on any atom is -0.507 e. The van der Waals surface area contributed by atoms with Gasteiger partial charge in [0.15, 0.2) is 17.7 Å². The normalized spacial score (nSPS) is 21.4. The molecule has 4 rings (SSSR count). The maximum absolute atomic E-state index is 12.7. The highest BCUT2D eigenvalue weighted by Gasteiger charge is 2.36. The molecular formula is C17H18N6O7S. The van der Waals surface area contributed by atoms with Crippen LogP contribution >= 0.6 is 0 Å². The highest BCUT2D eigenvalue weighted by Crippen LogP contribution is 2.31. The second-order valence-electron chi connectivity index (χ2n) is 6.80. The van der Waals surface area contributed by atoms with Crippen molar-refractivity contribution in [1.82, 2.24) is 24.2 Å². The summed E-state index contributed by atoms with van der Waals surface area (Å²) in [6.45, 7) is -0.310. The predicted molar refractivity (Wildman–Crippen MR) is 104 cm³/mol. The van der Waals surface area contributed by atoms with Crippen molar-refractivity contribution in [1.29, 1.82) is 0 Å². The molecule has 6 N–H and O–H groups in total. The van der Waals surface area contributed by atoms with Gasteiger partial charge in [0, 0.05) is 6.42 Å². The molecule has 3 aromatic rings. The van der Waals surface area contributed by atoms with Crippen LogP contribution in [0.4, 0.5) is 5.82 Å². The molecule has 164 valence electrons. The van der Waals surface area contributed by atoms with Gasteiger partial charge in [-0.3, -0.25) is 9.36 Å². The van der Waals surface area contributed by atoms with Crippen molar-refractivity contribution in [2.45, 2.75) is 30.0 Å². The number of hydrogen-bond donors (Lipinski definition) is 5. The van der Waals surface area contributed by atoms with E-state index in [2.05, 4.69) is 15.0 Å². The van der Waals surface area contributed by atoms with Crippen LogP contribution in [0.25, 0.3) is 11.2 Å². The molecule has 1 aromatic carbocycles. The Balaban J connectivity index is 1.71. The molecule has 1 saturated heterocycles. The third-order valence-electron chi connectivity index (χ3n) is 4.69. The highest BCUT2D eigenvalue weighted by atomic mass is 32.2. The van der Waals surface area contributed by atoms with Crippen LogP contribution in [0.5, 0.6) is 5.75 Å². The smallest absolute Gasteiger partial charge is 0.300 e. The summed E-state index contributed by atoms with van der Waals surface area (Å²) in [6, 6.07) is 5.39. The molecule has 3 heterocycles. The molecule has 0 radical (unpaired) electrons. The lowest BCUT2D eigenvalue weighted by molar-refractivity contribution is -0.0487. The number of phenols is 1. The zero-order valence-electron chi connectivity index (χ0n) is 15.8. The van der Waals surface area contributed by atoms with E-state index in [1.54, 1.807) is 4.72 Å². The minimum atomic E-state index is -4.58. The number of carbonyl (C=O) groups is 1. The molecule has 1 aliphatic rings. The van der Waals surface area contributed by atoms with Crippen LogP contribution in [0.3, 0.4) is 0 Å². The number of rotatable bonds is 5. The predicted octanol–water partition coefficient (Wildman–Crippen LogP) is -1.13. The second-order valence-corrected chi connectivity index (χ2v) is 8.38. The number of amides is 1. The Morgan fingerprint density at radius 1 is 1.32 bits per heavy atom. The van der Waals surface area contributed by atoms with Crippen LogP contribution in [-0.4, -0.2) is 68.0 Å². The SMILES string of the molecule is Nc1nc(S(=O)(=O)NC(=O)c2ccccc2O)nc2c1ncn2[C@@H]1O[C@H](CO)CC1O. The van der Waals surface area contributed by atoms with Gasteiger partial charge in [-0.25, -0.2) is 9.71 Å². The lowest BCUT2D eigenvalue weighted by atomic mass is 10.2. The van der Waals surface area contributed by atoms with Gasteiger partial charge in [0.1, 0.15) is 17.4 Å². The molecule has 0 aliphatic carbocycles. The van der Waals surface area contributed by atoms with E-state index < -0.39 is 45.3 Å². The molecule has 2 aromatic heterocycles. The van der Waals surface area contributed by atoms with E-state index in [0.29, 0.717) is 0 Å². The number of nitrogen functional groups attached to an aromatic ring is 1. The van der Waals surface area contributed by atoms with Crippen molar-refractivity contribution in [3.05, 3.63) is 36.2 Å². The lowest BCUT2D eigenvalue weighted by Gasteiger charge is -2.16. The van der Waals surface area contributed by atoms with Crippen LogP contribution < -0.4 is 10.5 Å². The summed E-state index contributed by atoms with van der Waals surface area (Å²) in [5.41, 5.74) is 5.58. The number of para-hydroxylation sites is 1. The number of carbonyl (C=O) groups excluding carboxylic acids is 1. The Hall–Kier alpha value is -3.33. The fourth-order valence-electron chi connectivity index (χ4n) is 3.21. The summed E-state index contributed by atoms with van der Waals surface area (Å²) in [5, 5.41) is 28.4. The highest BCUT2D eigenvalue weighted by molar-refractivity contribution is 7.89. The number of anilines is 1. The Bertz CT molecular complexity index is 1260. The van der Waals surface area contributed by atoms with E-state index in [1.807, 2.05) is 0 Å². The van der Waals surface area contributed by atoms with Gasteiger partial charge in [0.25, 0.3) is 21.1 Å². The third-order valence-corrected chi connectivity index (χ3v) is 5.80. The van der Waals surface area contributed by atoms with E-state index in [0.717, 1.165) is 0 Å². The number of aliphatic hydroxyl groups is 2. The molecule has 0 saturated carbocycles. The second kappa shape index (κ2) is 7.73. The zero-order chi connectivity index (χ0) is 22.3. The number of phenolic OH excluding ortho intramolecular Hbond substituents is 1. The quantitative estimate of drug-likeness (QED) is 0.294. The molecule has 13 nitrogen and oxygen atoms in total. The summed E-state index contributed by atoms with van der Waals surface area (Å²) < 4.78 is 34.0. The fraction of sp³-hybridized carbons (Fsp3) is 0.294. The number of benzene rings is 1. The number of nitrogens with zero attached hydrogens (tertiary/aromatic N) is 4. The summed E-state index contributed by atoms with van der Waals surface area (Å²) >= 11 is 0. The topological polar surface area (TPSA) is 203 Å². The number of imidazole rings is 1. The number of ether oxygens (including phenoxy) is 1. The number of nitrogens with two attached hydrogens (primary N) is 1. The molecule has 1 fully saturated rings. The number of sulfonamides is 1. The first-order valence-corrected chi connectivity index (χ1v) is 10.5. The van der Waals surface area contributed by atoms with Crippen molar-refractivity contribution in [3.63, 3.8) is 0 Å². The molecule has 0 bridgehead atoms. The standard InChI is InChI=1S/C17H18N6O7S/c18-13-12-14(23(7-19-12)16-11(26)5-8(6-24)30-16)21-17(20-13)31(28,29)22-15(27)9-3-1-2-4-10(9)25/h1-4,7-8,11,16,24-26H,5-6H2,(H,22,27)(H2,18,20,21)/t8-,11?,16+/m0/s1. The van der Waals surface area contributed by atoms with Crippen molar-refractivity contribution in [2.24, 2.45) is 0 Å². The number of aromatic hydroxyl groups is 1. The first-order valence-electron chi connectivity index (χ1n) is 9.01. The Labute approximate surface area is 175 Å². The number of aromatic nitrogens is 4. The van der Waals surface area contributed by atoms with Gasteiger partial charge >= 0.3 is 0 Å². The maximum Gasteiger partial charge on any atom is 0.300 e. The average molecular weight is 450 g/mol. The van der Waals surface area contributed by atoms with Crippen LogP contribution in [-0.2, 0) is 14.8 Å². The first-order chi connectivity index (χ1) is 14.7. The van der Waals surface area contributed by atoms with Crippen molar-refractivity contribution in [3.8, 4) is 5.75 Å². The molecular weight excluding hydrogens is 432 g/mol. The Kier molecular flexibility index (Phi) is 5.22. The summed E-state index contributed by atoms with van der Waals surface area (Å²) in [5.74, 6) is -1.77. The van der Waals surface area contributed by atoms with E-state index in [1.165, 1.54) is 35.2 Å². The monoisotopic (exact) mass is 450 g/mol. The Morgan fingerprint density at radius 3 is 2.74 bits per heavy atom. The lowest BCUT2D eigenvalue weighted by Crippen LogP contribution is -2.32. The number of nitrogens with one attached hydrogen (secondary N) is 1. The molecule has 1 unspecified atom stereocenters. The van der Waals surface area contributed by atoms with E-state index >= 15 is 0 Å². The molecule has 1 aliphatic heterocycles. The zero-order valence-corrected chi connectivity index (χ0v) is 16.6. The Morgan fingerprint density at radius 2 is 2.06 bits per heavy atom. The van der Waals surface area contributed by atoms with Gasteiger partial charge in [-0.2, -0.15) is 18.4 Å². The van der Waals surface area contributed by atoms with Crippen molar-refractivity contribution < 1.29 is 33.3 Å². The summed E-state index contributed by atoms with van der Waals surface area (Å²) in [7, 11) is -4.58. The molecule has 3 atom stereocenters. The summed E-state index contributed by atoms with van der Waals surface area (Å²) in [4.78, 5) is 24.0. The van der Waals surface area contributed by atoms with Gasteiger partial charge in [-0.1, -0.05) is 12.1 Å². The van der Waals surface area contributed by atoms with E-state index in [9.17, 15) is 28.5 Å². The third kappa shape index (κ3) is 3.76. The molecule has 0 spiro atoms. The average Bonchev–Trinajstić information content (AvgIpc) is 3.31. The maximum atomic E-state index is 12.7. The molecule has 1 amide bonds. The van der Waals surface area contributed by atoms with Gasteiger partial charge in [-0.05, 0) is 12.1 Å². The van der Waals surface area contributed by atoms with Crippen molar-refractivity contribution in [2.75, 3.05) is 12.3 Å².